The van der Waals surface area contributed by atoms with Crippen molar-refractivity contribution >= 4 is 55.8 Å². The highest BCUT2D eigenvalue weighted by molar-refractivity contribution is 7.19. The van der Waals surface area contributed by atoms with E-state index in [1.807, 2.05) is 24.3 Å². The number of hydrogen-bond acceptors (Lipinski definition) is 7. The molecule has 0 unspecified atom stereocenters. The van der Waals surface area contributed by atoms with Gasteiger partial charge in [0.1, 0.15) is 16.1 Å². The highest BCUT2D eigenvalue weighted by atomic mass is 32.1. The lowest BCUT2D eigenvalue weighted by Gasteiger charge is -2.09. The number of ether oxygens (including phenoxy) is 1. The van der Waals surface area contributed by atoms with Gasteiger partial charge < -0.3 is 10.1 Å². The summed E-state index contributed by atoms with van der Waals surface area (Å²) in [6.07, 6.45) is 6.81. The second-order valence-electron chi connectivity index (χ2n) is 6.54. The van der Waals surface area contributed by atoms with E-state index in [9.17, 15) is 14.9 Å². The molecule has 2 heterocycles. The van der Waals surface area contributed by atoms with E-state index in [1.165, 1.54) is 33.6 Å². The van der Waals surface area contributed by atoms with E-state index in [-0.39, 0.29) is 0 Å². The highest BCUT2D eigenvalue weighted by Crippen LogP contribution is 2.37. The van der Waals surface area contributed by atoms with Crippen LogP contribution in [0.4, 0.5) is 5.00 Å². The second-order valence-corrected chi connectivity index (χ2v) is 8.70. The number of amides is 1. The molecule has 29 heavy (non-hydrogen) atoms. The maximum absolute atomic E-state index is 12.2. The summed E-state index contributed by atoms with van der Waals surface area (Å²) in [4.78, 5) is 29.6. The Morgan fingerprint density at radius 3 is 2.90 bits per heavy atom. The molecular weight excluding hydrogens is 406 g/mol. The first-order chi connectivity index (χ1) is 14.1. The smallest absolute Gasteiger partial charge is 0.331 e. The van der Waals surface area contributed by atoms with Gasteiger partial charge in [-0.1, -0.05) is 12.1 Å². The zero-order chi connectivity index (χ0) is 20.2. The van der Waals surface area contributed by atoms with Gasteiger partial charge in [0.25, 0.3) is 5.91 Å². The molecule has 1 aromatic carbocycles. The lowest BCUT2D eigenvalue weighted by molar-refractivity contribution is -0.142. The number of thiophene rings is 1. The predicted molar refractivity (Wildman–Crippen MR) is 114 cm³/mol. The van der Waals surface area contributed by atoms with Crippen molar-refractivity contribution in [1.82, 2.24) is 4.98 Å². The average molecular weight is 424 g/mol. The van der Waals surface area contributed by atoms with E-state index in [1.54, 1.807) is 6.08 Å². The fraction of sp³-hybridized carbons (Fsp3) is 0.238. The Kier molecular flexibility index (Phi) is 5.69. The van der Waals surface area contributed by atoms with Crippen molar-refractivity contribution in [3.63, 3.8) is 0 Å². The van der Waals surface area contributed by atoms with E-state index >= 15 is 0 Å². The highest BCUT2D eigenvalue weighted by Gasteiger charge is 2.22. The molecule has 3 aromatic rings. The third kappa shape index (κ3) is 4.36. The quantitative estimate of drug-likeness (QED) is 0.488. The van der Waals surface area contributed by atoms with Crippen molar-refractivity contribution in [2.45, 2.75) is 25.7 Å². The zero-order valence-electron chi connectivity index (χ0n) is 15.4. The van der Waals surface area contributed by atoms with Gasteiger partial charge in [0.2, 0.25) is 0 Å². The first kappa shape index (κ1) is 19.3. The van der Waals surface area contributed by atoms with Gasteiger partial charge in [-0.3, -0.25) is 4.79 Å². The number of aromatic nitrogens is 1. The number of carbonyl (C=O) groups excluding carboxylic acids is 2. The van der Waals surface area contributed by atoms with Crippen molar-refractivity contribution in [1.29, 1.82) is 5.26 Å². The Morgan fingerprint density at radius 2 is 2.07 bits per heavy atom. The summed E-state index contributed by atoms with van der Waals surface area (Å²) in [7, 11) is 0. The molecule has 0 radical (unpaired) electrons. The minimum Gasteiger partial charge on any atom is -0.452 e. The number of hydrogen-bond donors (Lipinski definition) is 1. The molecular formula is C21H17N3O3S2. The molecule has 0 saturated heterocycles. The summed E-state index contributed by atoms with van der Waals surface area (Å²) in [5, 5.41) is 13.4. The Bertz CT molecular complexity index is 1120. The Labute approximate surface area is 175 Å². The molecule has 6 nitrogen and oxygen atoms in total. The summed E-state index contributed by atoms with van der Waals surface area (Å²) in [6, 6.07) is 9.90. The van der Waals surface area contributed by atoms with E-state index in [0.29, 0.717) is 15.6 Å². The molecule has 0 atom stereocenters. The van der Waals surface area contributed by atoms with Crippen LogP contribution in [0.25, 0.3) is 16.3 Å². The number of thiazole rings is 1. The molecule has 0 aliphatic heterocycles. The number of anilines is 1. The number of esters is 1. The minimum atomic E-state index is -0.620. The monoisotopic (exact) mass is 423 g/mol. The van der Waals surface area contributed by atoms with Crippen molar-refractivity contribution in [2.24, 2.45) is 0 Å². The third-order valence-electron chi connectivity index (χ3n) is 4.55. The van der Waals surface area contributed by atoms with Crippen molar-refractivity contribution in [3.8, 4) is 6.07 Å². The van der Waals surface area contributed by atoms with Gasteiger partial charge >= 0.3 is 5.97 Å². The first-order valence-corrected chi connectivity index (χ1v) is 10.8. The van der Waals surface area contributed by atoms with Crippen molar-refractivity contribution < 1.29 is 14.3 Å². The Balaban J connectivity index is 1.33. The van der Waals surface area contributed by atoms with Gasteiger partial charge in [-0.2, -0.15) is 5.26 Å². The lowest BCUT2D eigenvalue weighted by atomic mass is 9.96. The van der Waals surface area contributed by atoms with Crippen molar-refractivity contribution in [3.05, 3.63) is 51.4 Å². The fourth-order valence-electron chi connectivity index (χ4n) is 3.22. The van der Waals surface area contributed by atoms with E-state index in [0.717, 1.165) is 41.5 Å². The van der Waals surface area contributed by atoms with Crippen LogP contribution in [0.1, 0.15) is 33.9 Å². The van der Waals surface area contributed by atoms with Crippen LogP contribution < -0.4 is 5.32 Å². The van der Waals surface area contributed by atoms with E-state index in [4.69, 9.17) is 4.74 Å². The molecule has 4 rings (SSSR count). The first-order valence-electron chi connectivity index (χ1n) is 9.19. The number of nitrogens with one attached hydrogen (secondary N) is 1. The number of rotatable bonds is 5. The Morgan fingerprint density at radius 1 is 1.24 bits per heavy atom. The van der Waals surface area contributed by atoms with E-state index < -0.39 is 18.5 Å². The molecule has 8 heteroatoms. The molecule has 0 spiro atoms. The molecule has 2 aromatic heterocycles. The van der Waals surface area contributed by atoms with Crippen LogP contribution in [0.3, 0.4) is 0 Å². The van der Waals surface area contributed by atoms with Crippen LogP contribution in [0.2, 0.25) is 0 Å². The maximum Gasteiger partial charge on any atom is 0.331 e. The SMILES string of the molecule is N#Cc1c(NC(=O)COC(=O)/C=C/c2nc3ccccc3s2)sc2c1CCCC2. The minimum absolute atomic E-state index is 0.406. The summed E-state index contributed by atoms with van der Waals surface area (Å²) >= 11 is 2.91. The predicted octanol–water partition coefficient (Wildman–Crippen LogP) is 4.30. The molecule has 1 N–H and O–H groups in total. The molecule has 1 aliphatic rings. The van der Waals surface area contributed by atoms with Crippen LogP contribution in [0.15, 0.2) is 30.3 Å². The summed E-state index contributed by atoms with van der Waals surface area (Å²) in [5.74, 6) is -1.08. The second kappa shape index (κ2) is 8.55. The normalized spacial score (nSPS) is 13.2. The third-order valence-corrected chi connectivity index (χ3v) is 6.76. The molecule has 0 saturated carbocycles. The van der Waals surface area contributed by atoms with Gasteiger partial charge in [-0.05, 0) is 49.5 Å². The number of para-hydroxylation sites is 1. The number of carbonyl (C=O) groups is 2. The van der Waals surface area contributed by atoms with Gasteiger partial charge in [-0.15, -0.1) is 22.7 Å². The van der Waals surface area contributed by atoms with Crippen LogP contribution in [0.5, 0.6) is 0 Å². The number of benzene rings is 1. The summed E-state index contributed by atoms with van der Waals surface area (Å²) in [5.41, 5.74) is 2.46. The van der Waals surface area contributed by atoms with Gasteiger partial charge in [0.15, 0.2) is 6.61 Å². The van der Waals surface area contributed by atoms with Crippen LogP contribution in [-0.2, 0) is 27.2 Å². The lowest BCUT2D eigenvalue weighted by Crippen LogP contribution is -2.20. The maximum atomic E-state index is 12.2. The van der Waals surface area contributed by atoms with Gasteiger partial charge in [-0.25, -0.2) is 9.78 Å². The Hall–Kier alpha value is -3.02. The largest absolute Gasteiger partial charge is 0.452 e. The van der Waals surface area contributed by atoms with Crippen LogP contribution in [-0.4, -0.2) is 23.5 Å². The molecule has 1 aliphatic carbocycles. The van der Waals surface area contributed by atoms with Crippen molar-refractivity contribution in [2.75, 3.05) is 11.9 Å². The number of aryl methyl sites for hydroxylation is 1. The molecule has 146 valence electrons. The van der Waals surface area contributed by atoms with Gasteiger partial charge in [0.05, 0.1) is 15.8 Å². The molecule has 0 fully saturated rings. The van der Waals surface area contributed by atoms with Gasteiger partial charge in [0, 0.05) is 11.0 Å². The summed E-state index contributed by atoms with van der Waals surface area (Å²) in [6.45, 7) is -0.406. The fourth-order valence-corrected chi connectivity index (χ4v) is 5.35. The summed E-state index contributed by atoms with van der Waals surface area (Å²) < 4.78 is 6.04. The average Bonchev–Trinajstić information content (AvgIpc) is 3.30. The topological polar surface area (TPSA) is 92.1 Å². The molecule has 0 bridgehead atoms. The molecule has 1 amide bonds. The van der Waals surface area contributed by atoms with E-state index in [2.05, 4.69) is 16.4 Å². The number of nitrogens with zero attached hydrogens (tertiary/aromatic N) is 2. The standard InChI is InChI=1S/C21H17N3O3S2/c22-11-14-13-5-1-3-7-16(13)29-21(14)24-18(25)12-27-20(26)10-9-19-23-15-6-2-4-8-17(15)28-19/h2,4,6,8-10H,1,3,5,7,12H2,(H,24,25)/b10-9+. The zero-order valence-corrected chi connectivity index (χ0v) is 17.1. The number of fused-ring (bicyclic) bond motifs is 2. The van der Waals surface area contributed by atoms with Crippen LogP contribution in [0, 0.1) is 11.3 Å². The number of nitriles is 1. The van der Waals surface area contributed by atoms with Crippen LogP contribution >= 0.6 is 22.7 Å².